The van der Waals surface area contributed by atoms with Gasteiger partial charge in [-0.1, -0.05) is 6.07 Å². The SMILES string of the molecule is CC1(C(=O)O)CCCN1C(=O)c1c(O)cccc1O. The third kappa shape index (κ3) is 1.99. The molecule has 19 heavy (non-hydrogen) atoms. The predicted octanol–water partition coefficient (Wildman–Crippen LogP) is 1.18. The van der Waals surface area contributed by atoms with Crippen molar-refractivity contribution in [3.8, 4) is 11.5 Å². The molecule has 1 saturated heterocycles. The largest absolute Gasteiger partial charge is 0.507 e. The summed E-state index contributed by atoms with van der Waals surface area (Å²) >= 11 is 0. The molecule has 3 N–H and O–H groups in total. The summed E-state index contributed by atoms with van der Waals surface area (Å²) in [7, 11) is 0. The molecule has 2 rings (SSSR count). The standard InChI is InChI=1S/C13H15NO5/c1-13(12(18)19)6-3-7-14(13)11(17)10-8(15)4-2-5-9(10)16/h2,4-5,15-16H,3,6-7H2,1H3,(H,18,19). The van der Waals surface area contributed by atoms with Crippen LogP contribution in [0.1, 0.15) is 30.1 Å². The van der Waals surface area contributed by atoms with Crippen LogP contribution >= 0.6 is 0 Å². The number of phenols is 2. The number of amides is 1. The monoisotopic (exact) mass is 265 g/mol. The summed E-state index contributed by atoms with van der Waals surface area (Å²) in [5.41, 5.74) is -1.55. The van der Waals surface area contributed by atoms with Gasteiger partial charge in [-0.2, -0.15) is 0 Å². The van der Waals surface area contributed by atoms with Crippen molar-refractivity contribution in [3.05, 3.63) is 23.8 Å². The highest BCUT2D eigenvalue weighted by Crippen LogP contribution is 2.35. The molecule has 6 heteroatoms. The molecule has 1 heterocycles. The highest BCUT2D eigenvalue weighted by atomic mass is 16.4. The van der Waals surface area contributed by atoms with Crippen molar-refractivity contribution in [1.29, 1.82) is 0 Å². The molecule has 0 spiro atoms. The number of carbonyl (C=O) groups is 2. The minimum Gasteiger partial charge on any atom is -0.507 e. The number of carbonyl (C=O) groups excluding carboxylic acids is 1. The van der Waals surface area contributed by atoms with Crippen molar-refractivity contribution < 1.29 is 24.9 Å². The van der Waals surface area contributed by atoms with Crippen LogP contribution in [-0.4, -0.2) is 44.2 Å². The highest BCUT2D eigenvalue weighted by molar-refractivity contribution is 6.02. The quantitative estimate of drug-likeness (QED) is 0.745. The van der Waals surface area contributed by atoms with Crippen LogP contribution in [0.15, 0.2) is 18.2 Å². The van der Waals surface area contributed by atoms with Gasteiger partial charge in [-0.3, -0.25) is 4.79 Å². The van der Waals surface area contributed by atoms with E-state index in [0.29, 0.717) is 12.8 Å². The molecule has 0 saturated carbocycles. The van der Waals surface area contributed by atoms with Crippen molar-refractivity contribution >= 4 is 11.9 Å². The van der Waals surface area contributed by atoms with Crippen molar-refractivity contribution in [2.75, 3.05) is 6.54 Å². The third-order valence-electron chi connectivity index (χ3n) is 3.58. The van der Waals surface area contributed by atoms with E-state index in [1.807, 2.05) is 0 Å². The zero-order chi connectivity index (χ0) is 14.2. The molecule has 1 aromatic rings. The molecule has 6 nitrogen and oxygen atoms in total. The predicted molar refractivity (Wildman–Crippen MR) is 66.1 cm³/mol. The molecule has 1 aromatic carbocycles. The zero-order valence-electron chi connectivity index (χ0n) is 10.5. The van der Waals surface area contributed by atoms with Crippen LogP contribution in [0.5, 0.6) is 11.5 Å². The molecule has 102 valence electrons. The Kier molecular flexibility index (Phi) is 3.09. The molecule has 0 radical (unpaired) electrons. The summed E-state index contributed by atoms with van der Waals surface area (Å²) in [4.78, 5) is 24.9. The molecule has 0 bridgehead atoms. The molecular weight excluding hydrogens is 250 g/mol. The van der Waals surface area contributed by atoms with Crippen molar-refractivity contribution in [2.24, 2.45) is 0 Å². The van der Waals surface area contributed by atoms with Crippen LogP contribution in [0.4, 0.5) is 0 Å². The molecule has 0 aliphatic carbocycles. The van der Waals surface area contributed by atoms with Gasteiger partial charge in [-0.15, -0.1) is 0 Å². The number of carboxylic acid groups (broad SMARTS) is 1. The van der Waals surface area contributed by atoms with E-state index >= 15 is 0 Å². The van der Waals surface area contributed by atoms with Gasteiger partial charge in [0.2, 0.25) is 0 Å². The van der Waals surface area contributed by atoms with E-state index in [4.69, 9.17) is 0 Å². The van der Waals surface area contributed by atoms with E-state index in [-0.39, 0.29) is 23.6 Å². The first-order chi connectivity index (χ1) is 8.88. The number of hydrogen-bond donors (Lipinski definition) is 3. The number of rotatable bonds is 2. The van der Waals surface area contributed by atoms with Gasteiger partial charge >= 0.3 is 5.97 Å². The van der Waals surface area contributed by atoms with Gasteiger partial charge in [-0.05, 0) is 31.9 Å². The lowest BCUT2D eigenvalue weighted by atomic mass is 9.98. The van der Waals surface area contributed by atoms with Crippen LogP contribution in [0.2, 0.25) is 0 Å². The van der Waals surface area contributed by atoms with Gasteiger partial charge in [-0.25, -0.2) is 4.79 Å². The van der Waals surface area contributed by atoms with Gasteiger partial charge in [0.25, 0.3) is 5.91 Å². The number of likely N-dealkylation sites (tertiary alicyclic amines) is 1. The highest BCUT2D eigenvalue weighted by Gasteiger charge is 2.46. The number of nitrogens with zero attached hydrogens (tertiary/aromatic N) is 1. The molecule has 1 aliphatic heterocycles. The molecule has 0 aromatic heterocycles. The minimum absolute atomic E-state index is 0.253. The summed E-state index contributed by atoms with van der Waals surface area (Å²) in [5, 5.41) is 28.6. The van der Waals surface area contributed by atoms with Gasteiger partial charge in [0.15, 0.2) is 0 Å². The molecular formula is C13H15NO5. The third-order valence-corrected chi connectivity index (χ3v) is 3.58. The molecule has 1 unspecified atom stereocenters. The van der Waals surface area contributed by atoms with Gasteiger partial charge in [0.05, 0.1) is 0 Å². The van der Waals surface area contributed by atoms with Crippen LogP contribution in [-0.2, 0) is 4.79 Å². The Labute approximate surface area is 109 Å². The Balaban J connectivity index is 2.42. The van der Waals surface area contributed by atoms with Gasteiger partial charge in [0.1, 0.15) is 22.6 Å². The van der Waals surface area contributed by atoms with Crippen LogP contribution in [0.3, 0.4) is 0 Å². The summed E-state index contributed by atoms with van der Waals surface area (Å²) < 4.78 is 0. The van der Waals surface area contributed by atoms with E-state index in [2.05, 4.69) is 0 Å². The summed E-state index contributed by atoms with van der Waals surface area (Å²) in [6, 6.07) is 3.96. The molecule has 1 aliphatic rings. The number of aromatic hydroxyl groups is 2. The topological polar surface area (TPSA) is 98.1 Å². The lowest BCUT2D eigenvalue weighted by molar-refractivity contribution is -0.147. The van der Waals surface area contributed by atoms with Crippen molar-refractivity contribution in [2.45, 2.75) is 25.3 Å². The average molecular weight is 265 g/mol. The second kappa shape index (κ2) is 4.46. The molecule has 1 fully saturated rings. The lowest BCUT2D eigenvalue weighted by Crippen LogP contribution is -2.50. The summed E-state index contributed by atoms with van der Waals surface area (Å²) in [6.45, 7) is 1.76. The maximum Gasteiger partial charge on any atom is 0.329 e. The maximum atomic E-state index is 12.4. The zero-order valence-corrected chi connectivity index (χ0v) is 10.5. The number of benzene rings is 1. The lowest BCUT2D eigenvalue weighted by Gasteiger charge is -2.31. The van der Waals surface area contributed by atoms with Gasteiger partial charge in [0, 0.05) is 6.54 Å². The van der Waals surface area contributed by atoms with E-state index in [1.165, 1.54) is 30.0 Å². The van der Waals surface area contributed by atoms with Crippen molar-refractivity contribution in [3.63, 3.8) is 0 Å². The van der Waals surface area contributed by atoms with E-state index in [0.717, 1.165) is 0 Å². The molecule has 1 amide bonds. The Morgan fingerprint density at radius 3 is 2.37 bits per heavy atom. The first-order valence-electron chi connectivity index (χ1n) is 5.94. The Hall–Kier alpha value is -2.24. The van der Waals surface area contributed by atoms with E-state index < -0.39 is 17.4 Å². The Bertz CT molecular complexity index is 522. The maximum absolute atomic E-state index is 12.4. The smallest absolute Gasteiger partial charge is 0.329 e. The Morgan fingerprint density at radius 2 is 1.84 bits per heavy atom. The van der Waals surface area contributed by atoms with Crippen LogP contribution < -0.4 is 0 Å². The summed E-state index contributed by atoms with van der Waals surface area (Å²) in [5.74, 6) is -2.47. The van der Waals surface area contributed by atoms with Crippen LogP contribution in [0, 0.1) is 0 Å². The fraction of sp³-hybridized carbons (Fsp3) is 0.385. The second-order valence-corrected chi connectivity index (χ2v) is 4.81. The summed E-state index contributed by atoms with van der Waals surface area (Å²) in [6.07, 6.45) is 0.922. The second-order valence-electron chi connectivity index (χ2n) is 4.81. The first-order valence-corrected chi connectivity index (χ1v) is 5.94. The number of phenolic OH excluding ortho intramolecular Hbond substituents is 2. The minimum atomic E-state index is -1.30. The van der Waals surface area contributed by atoms with E-state index in [9.17, 15) is 24.9 Å². The fourth-order valence-electron chi connectivity index (χ4n) is 2.39. The Morgan fingerprint density at radius 1 is 1.26 bits per heavy atom. The fourth-order valence-corrected chi connectivity index (χ4v) is 2.39. The van der Waals surface area contributed by atoms with Gasteiger partial charge < -0.3 is 20.2 Å². The molecule has 1 atom stereocenters. The van der Waals surface area contributed by atoms with Crippen molar-refractivity contribution in [1.82, 2.24) is 4.90 Å². The normalized spacial score (nSPS) is 22.5. The first kappa shape index (κ1) is 13.2. The van der Waals surface area contributed by atoms with E-state index in [1.54, 1.807) is 0 Å². The number of hydrogen-bond acceptors (Lipinski definition) is 4. The number of aliphatic carboxylic acids is 1. The number of carboxylic acids is 1. The average Bonchev–Trinajstić information content (AvgIpc) is 2.72. The van der Waals surface area contributed by atoms with Crippen LogP contribution in [0.25, 0.3) is 0 Å².